The van der Waals surface area contributed by atoms with E-state index in [1.165, 1.54) is 12.1 Å². The van der Waals surface area contributed by atoms with Crippen molar-refractivity contribution in [1.82, 2.24) is 4.90 Å². The predicted octanol–water partition coefficient (Wildman–Crippen LogP) is 3.95. The van der Waals surface area contributed by atoms with Crippen molar-refractivity contribution in [2.24, 2.45) is 5.41 Å². The molecular weight excluding hydrogens is 480 g/mol. The predicted molar refractivity (Wildman–Crippen MR) is 136 cm³/mol. The number of morpholine rings is 1. The fourth-order valence-electron chi connectivity index (χ4n) is 5.67. The molecule has 0 saturated carbocycles. The molecule has 0 atom stereocenters. The van der Waals surface area contributed by atoms with Crippen LogP contribution in [0, 0.1) is 17.0 Å². The fourth-order valence-corrected chi connectivity index (χ4v) is 5.67. The highest BCUT2D eigenvalue weighted by atomic mass is 19.1. The van der Waals surface area contributed by atoms with Gasteiger partial charge in [0.2, 0.25) is 0 Å². The fraction of sp³-hybridized carbons (Fsp3) is 0.429. The number of hydrogen-bond acceptors (Lipinski definition) is 6. The second kappa shape index (κ2) is 8.83. The van der Waals surface area contributed by atoms with Crippen LogP contribution in [-0.4, -0.2) is 56.7 Å². The van der Waals surface area contributed by atoms with Gasteiger partial charge >= 0.3 is 0 Å². The lowest BCUT2D eigenvalue weighted by atomic mass is 9.84. The van der Waals surface area contributed by atoms with E-state index in [9.17, 15) is 18.4 Å². The number of nitrogens with zero attached hydrogens (tertiary/aromatic N) is 3. The summed E-state index contributed by atoms with van der Waals surface area (Å²) in [4.78, 5) is 32.2. The van der Waals surface area contributed by atoms with Gasteiger partial charge in [-0.05, 0) is 30.0 Å². The summed E-state index contributed by atoms with van der Waals surface area (Å²) in [5.74, 6) is -0.895. The van der Waals surface area contributed by atoms with E-state index in [0.29, 0.717) is 91.6 Å². The number of anilines is 2. The Balaban J connectivity index is 1.44. The zero-order valence-corrected chi connectivity index (χ0v) is 21.0. The van der Waals surface area contributed by atoms with E-state index < -0.39 is 11.6 Å². The van der Waals surface area contributed by atoms with E-state index in [-0.39, 0.29) is 23.3 Å². The number of rotatable bonds is 4. The summed E-state index contributed by atoms with van der Waals surface area (Å²) < 4.78 is 40.2. The lowest BCUT2D eigenvalue weighted by Crippen LogP contribution is -2.55. The number of likely N-dealkylation sites (tertiary alicyclic amines) is 1. The second-order valence-corrected chi connectivity index (χ2v) is 10.9. The number of amides is 1. The maximum Gasteiger partial charge on any atom is 0.253 e. The van der Waals surface area contributed by atoms with Crippen molar-refractivity contribution in [2.75, 3.05) is 55.7 Å². The van der Waals surface area contributed by atoms with Crippen molar-refractivity contribution in [3.63, 3.8) is 0 Å². The lowest BCUT2D eigenvalue weighted by molar-refractivity contribution is 0.0236. The molecule has 3 aliphatic rings. The Morgan fingerprint density at radius 2 is 1.78 bits per heavy atom. The number of hydrogen-bond donors (Lipinski definition) is 0. The molecule has 0 radical (unpaired) electrons. The van der Waals surface area contributed by atoms with E-state index in [0.717, 1.165) is 6.07 Å². The molecule has 0 spiro atoms. The van der Waals surface area contributed by atoms with Gasteiger partial charge in [0.05, 0.1) is 18.6 Å². The van der Waals surface area contributed by atoms with Gasteiger partial charge < -0.3 is 23.9 Å². The summed E-state index contributed by atoms with van der Waals surface area (Å²) in [5, 5.41) is 0.322. The van der Waals surface area contributed by atoms with Crippen LogP contribution in [0.5, 0.6) is 0 Å². The molecule has 2 saturated heterocycles. The molecule has 9 heteroatoms. The molecule has 3 aliphatic heterocycles. The van der Waals surface area contributed by atoms with Crippen LogP contribution >= 0.6 is 0 Å². The third-order valence-electron chi connectivity index (χ3n) is 7.46. The largest absolute Gasteiger partial charge is 0.440 e. The molecule has 0 aliphatic carbocycles. The topological polar surface area (TPSA) is 66.2 Å². The first-order valence-corrected chi connectivity index (χ1v) is 12.6. The number of benzene rings is 2. The SMILES string of the molecule is CC1(C)CN(C(=O)c2cc(CN3CCc4c(F)cc(F)cc43)c3oc(N4CCOCC4)cc(=O)c3c2)C1. The van der Waals surface area contributed by atoms with Crippen molar-refractivity contribution in [3.8, 4) is 0 Å². The van der Waals surface area contributed by atoms with Gasteiger partial charge in [0.25, 0.3) is 5.91 Å². The summed E-state index contributed by atoms with van der Waals surface area (Å²) in [6.07, 6.45) is 0.448. The smallest absolute Gasteiger partial charge is 0.253 e. The Labute approximate surface area is 213 Å². The van der Waals surface area contributed by atoms with E-state index in [2.05, 4.69) is 13.8 Å². The Morgan fingerprint density at radius 3 is 2.51 bits per heavy atom. The van der Waals surface area contributed by atoms with Crippen LogP contribution in [0.4, 0.5) is 20.4 Å². The number of fused-ring (bicyclic) bond motifs is 2. The van der Waals surface area contributed by atoms with E-state index in [4.69, 9.17) is 9.15 Å². The molecule has 0 N–H and O–H groups in total. The summed E-state index contributed by atoms with van der Waals surface area (Å²) >= 11 is 0. The average molecular weight is 510 g/mol. The summed E-state index contributed by atoms with van der Waals surface area (Å²) in [6, 6.07) is 7.07. The molecule has 4 heterocycles. The molecular formula is C28H29F2N3O4. The van der Waals surface area contributed by atoms with Crippen LogP contribution in [-0.2, 0) is 17.7 Å². The first-order chi connectivity index (χ1) is 17.7. The zero-order valence-electron chi connectivity index (χ0n) is 21.0. The molecule has 37 heavy (non-hydrogen) atoms. The third-order valence-corrected chi connectivity index (χ3v) is 7.46. The van der Waals surface area contributed by atoms with Crippen molar-refractivity contribution in [3.05, 3.63) is 68.9 Å². The van der Waals surface area contributed by atoms with Gasteiger partial charge in [0, 0.05) is 73.8 Å². The van der Waals surface area contributed by atoms with E-state index in [1.807, 2.05) is 9.80 Å². The number of ether oxygens (including phenoxy) is 1. The standard InChI is InChI=1S/C28H29F2N3O4/c1-28(2)15-33(16-28)27(35)17-9-18(14-32-4-3-20-22(30)11-19(29)12-23(20)32)26-21(10-17)24(34)13-25(37-26)31-5-7-36-8-6-31/h9-13H,3-8,14-16H2,1-2H3. The maximum absolute atomic E-state index is 14.4. The average Bonchev–Trinajstić information content (AvgIpc) is 3.25. The summed E-state index contributed by atoms with van der Waals surface area (Å²) in [5.41, 5.74) is 2.21. The highest BCUT2D eigenvalue weighted by Gasteiger charge is 2.38. The Hall–Kier alpha value is -3.46. The van der Waals surface area contributed by atoms with Crippen LogP contribution in [0.1, 0.15) is 35.3 Å². The van der Waals surface area contributed by atoms with Crippen LogP contribution in [0.3, 0.4) is 0 Å². The highest BCUT2D eigenvalue weighted by Crippen LogP contribution is 2.35. The first-order valence-electron chi connectivity index (χ1n) is 12.6. The van der Waals surface area contributed by atoms with Crippen LogP contribution < -0.4 is 15.2 Å². The first kappa shape index (κ1) is 23.9. The van der Waals surface area contributed by atoms with Gasteiger partial charge in [0.1, 0.15) is 17.2 Å². The van der Waals surface area contributed by atoms with Crippen LogP contribution in [0.25, 0.3) is 11.0 Å². The molecule has 1 amide bonds. The van der Waals surface area contributed by atoms with Crippen molar-refractivity contribution in [1.29, 1.82) is 0 Å². The van der Waals surface area contributed by atoms with Gasteiger partial charge in [-0.1, -0.05) is 13.8 Å². The lowest BCUT2D eigenvalue weighted by Gasteiger charge is -2.45. The minimum absolute atomic E-state index is 0.0643. The van der Waals surface area contributed by atoms with Gasteiger partial charge in [-0.3, -0.25) is 9.59 Å². The Bertz CT molecular complexity index is 1450. The second-order valence-electron chi connectivity index (χ2n) is 10.9. The molecule has 2 aromatic carbocycles. The van der Waals surface area contributed by atoms with Gasteiger partial charge in [0.15, 0.2) is 11.3 Å². The molecule has 6 rings (SSSR count). The minimum Gasteiger partial charge on any atom is -0.440 e. The normalized spacial score (nSPS) is 18.8. The van der Waals surface area contributed by atoms with Crippen LogP contribution in [0.2, 0.25) is 0 Å². The molecule has 194 valence electrons. The zero-order chi connectivity index (χ0) is 25.9. The molecule has 1 aromatic heterocycles. The number of halogens is 2. The Kier molecular flexibility index (Phi) is 5.71. The Morgan fingerprint density at radius 1 is 1.03 bits per heavy atom. The molecule has 0 unspecified atom stereocenters. The van der Waals surface area contributed by atoms with Crippen molar-refractivity contribution < 1.29 is 22.7 Å². The molecule has 3 aromatic rings. The number of carbonyl (C=O) groups excluding carboxylic acids is 1. The minimum atomic E-state index is -0.640. The number of carbonyl (C=O) groups is 1. The van der Waals surface area contributed by atoms with E-state index in [1.54, 1.807) is 17.0 Å². The third kappa shape index (κ3) is 4.35. The molecule has 2 fully saturated rings. The molecule has 0 bridgehead atoms. The van der Waals surface area contributed by atoms with Gasteiger partial charge in [-0.15, -0.1) is 0 Å². The molecule has 7 nitrogen and oxygen atoms in total. The maximum atomic E-state index is 14.4. The summed E-state index contributed by atoms with van der Waals surface area (Å²) in [6.45, 7) is 8.50. The quantitative estimate of drug-likeness (QED) is 0.531. The highest BCUT2D eigenvalue weighted by molar-refractivity contribution is 5.99. The summed E-state index contributed by atoms with van der Waals surface area (Å²) in [7, 11) is 0. The van der Waals surface area contributed by atoms with Crippen molar-refractivity contribution in [2.45, 2.75) is 26.8 Å². The van der Waals surface area contributed by atoms with Crippen molar-refractivity contribution >= 4 is 28.4 Å². The van der Waals surface area contributed by atoms with Crippen LogP contribution in [0.15, 0.2) is 39.5 Å². The van der Waals surface area contributed by atoms with Gasteiger partial charge in [-0.2, -0.15) is 0 Å². The van der Waals surface area contributed by atoms with E-state index >= 15 is 0 Å². The van der Waals surface area contributed by atoms with Gasteiger partial charge in [-0.25, -0.2) is 8.78 Å². The monoisotopic (exact) mass is 509 g/mol.